The third kappa shape index (κ3) is 3.58. The van der Waals surface area contributed by atoms with Gasteiger partial charge in [-0.2, -0.15) is 0 Å². The Morgan fingerprint density at radius 1 is 1.27 bits per heavy atom. The van der Waals surface area contributed by atoms with Crippen LogP contribution in [0.15, 0.2) is 24.5 Å². The Balaban J connectivity index is 1.43. The molecule has 3 heterocycles. The van der Waals surface area contributed by atoms with Crippen LogP contribution in [0.1, 0.15) is 41.4 Å². The number of rotatable bonds is 5. The van der Waals surface area contributed by atoms with Crippen molar-refractivity contribution in [3.63, 3.8) is 0 Å². The maximum Gasteiger partial charge on any atom is 0.275 e. The molecule has 2 aromatic heterocycles. The minimum absolute atomic E-state index is 0.0241. The van der Waals surface area contributed by atoms with Gasteiger partial charge >= 0.3 is 0 Å². The molecule has 0 bridgehead atoms. The van der Waals surface area contributed by atoms with Gasteiger partial charge in [0.05, 0.1) is 24.0 Å². The fraction of sp³-hybridized carbons (Fsp3) is 0.444. The van der Waals surface area contributed by atoms with Crippen molar-refractivity contribution in [3.05, 3.63) is 40.9 Å². The molecule has 1 saturated carbocycles. The van der Waals surface area contributed by atoms with Crippen molar-refractivity contribution in [3.8, 4) is 5.88 Å². The van der Waals surface area contributed by atoms with Crippen LogP contribution in [-0.4, -0.2) is 47.1 Å². The van der Waals surface area contributed by atoms with Gasteiger partial charge in [0.15, 0.2) is 5.69 Å². The van der Waals surface area contributed by atoms with E-state index in [0.29, 0.717) is 17.5 Å². The highest BCUT2D eigenvalue weighted by Crippen LogP contribution is 2.39. The van der Waals surface area contributed by atoms with Crippen molar-refractivity contribution in [2.45, 2.75) is 31.2 Å². The molecule has 2 aliphatic rings. The molecular weight excluding hydrogens is 354 g/mol. The van der Waals surface area contributed by atoms with Crippen LogP contribution >= 0.6 is 11.6 Å². The van der Waals surface area contributed by atoms with Crippen molar-refractivity contribution in [1.29, 1.82) is 0 Å². The van der Waals surface area contributed by atoms with Crippen LogP contribution in [0, 0.1) is 0 Å². The van der Waals surface area contributed by atoms with Crippen LogP contribution in [0.5, 0.6) is 5.88 Å². The Bertz CT molecular complexity index is 810. The zero-order valence-electron chi connectivity index (χ0n) is 14.5. The van der Waals surface area contributed by atoms with Crippen molar-refractivity contribution in [2.75, 3.05) is 25.1 Å². The number of nitrogens with zero attached hydrogens (tertiary/aromatic N) is 4. The number of ether oxygens (including phenoxy) is 1. The molecule has 1 atom stereocenters. The van der Waals surface area contributed by atoms with Crippen LogP contribution in [0.2, 0.25) is 5.02 Å². The SMILES string of the molecule is COc1ncc(C2CC2)nc1C(=O)N[C@@H]1CCN(c2ccc(Cl)cn2)C1. The highest BCUT2D eigenvalue weighted by Gasteiger charge is 2.30. The zero-order valence-corrected chi connectivity index (χ0v) is 15.2. The average Bonchev–Trinajstić information content (AvgIpc) is 3.41. The summed E-state index contributed by atoms with van der Waals surface area (Å²) in [6.07, 6.45) is 6.39. The van der Waals surface area contributed by atoms with Crippen LogP contribution in [-0.2, 0) is 0 Å². The fourth-order valence-electron chi connectivity index (χ4n) is 3.16. The van der Waals surface area contributed by atoms with Crippen LogP contribution < -0.4 is 15.0 Å². The summed E-state index contributed by atoms with van der Waals surface area (Å²) in [6, 6.07) is 3.73. The smallest absolute Gasteiger partial charge is 0.275 e. The van der Waals surface area contributed by atoms with E-state index in [1.165, 1.54) is 7.11 Å². The molecule has 26 heavy (non-hydrogen) atoms. The van der Waals surface area contributed by atoms with Crippen LogP contribution in [0.25, 0.3) is 0 Å². The maximum atomic E-state index is 12.7. The van der Waals surface area contributed by atoms with E-state index in [-0.39, 0.29) is 23.5 Å². The number of aromatic nitrogens is 3. The van der Waals surface area contributed by atoms with E-state index in [1.54, 1.807) is 12.4 Å². The summed E-state index contributed by atoms with van der Waals surface area (Å²) in [6.45, 7) is 1.52. The number of hydrogen-bond donors (Lipinski definition) is 1. The Morgan fingerprint density at radius 2 is 2.12 bits per heavy atom. The molecule has 0 radical (unpaired) electrons. The number of carbonyl (C=O) groups is 1. The Kier molecular flexibility index (Phi) is 4.63. The minimum atomic E-state index is -0.243. The van der Waals surface area contributed by atoms with Gasteiger partial charge in [0.25, 0.3) is 5.91 Å². The molecule has 1 amide bonds. The molecule has 1 saturated heterocycles. The lowest BCUT2D eigenvalue weighted by Gasteiger charge is -2.18. The third-order valence-corrected chi connectivity index (χ3v) is 4.94. The predicted molar refractivity (Wildman–Crippen MR) is 97.9 cm³/mol. The molecule has 1 N–H and O–H groups in total. The first-order valence-electron chi connectivity index (χ1n) is 8.72. The van der Waals surface area contributed by atoms with Gasteiger partial charge in [0, 0.05) is 31.2 Å². The van der Waals surface area contributed by atoms with Crippen molar-refractivity contribution in [2.24, 2.45) is 0 Å². The van der Waals surface area contributed by atoms with E-state index in [9.17, 15) is 4.79 Å². The number of hydrogen-bond acceptors (Lipinski definition) is 6. The summed E-state index contributed by atoms with van der Waals surface area (Å²) in [5.41, 5.74) is 1.13. The minimum Gasteiger partial charge on any atom is -0.479 e. The van der Waals surface area contributed by atoms with Gasteiger partial charge in [0.2, 0.25) is 5.88 Å². The number of pyridine rings is 1. The highest BCUT2D eigenvalue weighted by atomic mass is 35.5. The lowest BCUT2D eigenvalue weighted by Crippen LogP contribution is -2.38. The van der Waals surface area contributed by atoms with Gasteiger partial charge in [-0.1, -0.05) is 11.6 Å². The number of methoxy groups -OCH3 is 1. The molecule has 2 aromatic rings. The van der Waals surface area contributed by atoms with Gasteiger partial charge in [-0.05, 0) is 31.4 Å². The van der Waals surface area contributed by atoms with E-state index >= 15 is 0 Å². The number of carbonyl (C=O) groups excluding carboxylic acids is 1. The quantitative estimate of drug-likeness (QED) is 0.867. The molecule has 0 unspecified atom stereocenters. The topological polar surface area (TPSA) is 80.2 Å². The second kappa shape index (κ2) is 7.07. The number of halogens is 1. The second-order valence-electron chi connectivity index (χ2n) is 6.67. The van der Waals surface area contributed by atoms with Gasteiger partial charge in [0.1, 0.15) is 5.82 Å². The van der Waals surface area contributed by atoms with Gasteiger partial charge < -0.3 is 15.0 Å². The summed E-state index contributed by atoms with van der Waals surface area (Å²) < 4.78 is 5.22. The zero-order chi connectivity index (χ0) is 18.1. The van der Waals surface area contributed by atoms with E-state index in [4.69, 9.17) is 16.3 Å². The molecule has 4 rings (SSSR count). The molecular formula is C18H20ClN5O2. The molecule has 8 heteroatoms. The van der Waals surface area contributed by atoms with E-state index in [0.717, 1.165) is 37.3 Å². The number of anilines is 1. The molecule has 0 spiro atoms. The Morgan fingerprint density at radius 3 is 2.81 bits per heavy atom. The normalized spacial score (nSPS) is 19.5. The largest absolute Gasteiger partial charge is 0.479 e. The van der Waals surface area contributed by atoms with E-state index < -0.39 is 0 Å². The standard InChI is InChI=1S/C18H20ClN5O2/c1-26-18-16(23-14(9-21-18)11-2-3-11)17(25)22-13-6-7-24(10-13)15-5-4-12(19)8-20-15/h4-5,8-9,11,13H,2-3,6-7,10H2,1H3,(H,22,25)/t13-/m1/s1. The first kappa shape index (κ1) is 17.0. The van der Waals surface area contributed by atoms with Crippen LogP contribution in [0.4, 0.5) is 5.82 Å². The summed E-state index contributed by atoms with van der Waals surface area (Å²) >= 11 is 5.89. The lowest BCUT2D eigenvalue weighted by molar-refractivity contribution is 0.0930. The molecule has 136 valence electrons. The molecule has 2 fully saturated rings. The fourth-order valence-corrected chi connectivity index (χ4v) is 3.27. The van der Waals surface area contributed by atoms with Crippen molar-refractivity contribution >= 4 is 23.3 Å². The third-order valence-electron chi connectivity index (χ3n) is 4.72. The Hall–Kier alpha value is -2.41. The van der Waals surface area contributed by atoms with E-state index in [1.807, 2.05) is 12.1 Å². The van der Waals surface area contributed by atoms with Crippen molar-refractivity contribution < 1.29 is 9.53 Å². The van der Waals surface area contributed by atoms with Crippen LogP contribution in [0.3, 0.4) is 0 Å². The van der Waals surface area contributed by atoms with Gasteiger partial charge in [-0.25, -0.2) is 15.0 Å². The lowest BCUT2D eigenvalue weighted by atomic mass is 10.2. The highest BCUT2D eigenvalue weighted by molar-refractivity contribution is 6.30. The average molecular weight is 374 g/mol. The summed E-state index contributed by atoms with van der Waals surface area (Å²) in [5, 5.41) is 3.66. The van der Waals surface area contributed by atoms with Gasteiger partial charge in [-0.3, -0.25) is 4.79 Å². The van der Waals surface area contributed by atoms with E-state index in [2.05, 4.69) is 25.2 Å². The Labute approximate surface area is 156 Å². The first-order valence-corrected chi connectivity index (χ1v) is 9.10. The maximum absolute atomic E-state index is 12.7. The molecule has 0 aromatic carbocycles. The summed E-state index contributed by atoms with van der Waals surface area (Å²) in [4.78, 5) is 27.9. The molecule has 1 aliphatic carbocycles. The van der Waals surface area contributed by atoms with Crippen molar-refractivity contribution in [1.82, 2.24) is 20.3 Å². The number of amides is 1. The first-order chi connectivity index (χ1) is 12.6. The summed E-state index contributed by atoms with van der Waals surface area (Å²) in [5.74, 6) is 1.31. The monoisotopic (exact) mass is 373 g/mol. The molecule has 7 nitrogen and oxygen atoms in total. The molecule has 1 aliphatic heterocycles. The number of nitrogens with one attached hydrogen (secondary N) is 1. The second-order valence-corrected chi connectivity index (χ2v) is 7.10. The predicted octanol–water partition coefficient (Wildman–Crippen LogP) is 2.42. The van der Waals surface area contributed by atoms with Gasteiger partial charge in [-0.15, -0.1) is 0 Å². The summed E-state index contributed by atoms with van der Waals surface area (Å²) in [7, 11) is 1.50.